The molecule has 0 spiro atoms. The van der Waals surface area contributed by atoms with E-state index in [9.17, 15) is 9.59 Å². The number of nitrogens with one attached hydrogen (secondary N) is 1. The number of hydrogen-bond donors (Lipinski definition) is 1. The summed E-state index contributed by atoms with van der Waals surface area (Å²) in [5.41, 5.74) is 1.53. The van der Waals surface area contributed by atoms with Gasteiger partial charge in [0.15, 0.2) is 0 Å². The molecule has 2 aromatic rings. The van der Waals surface area contributed by atoms with Gasteiger partial charge in [0, 0.05) is 18.9 Å². The van der Waals surface area contributed by atoms with Gasteiger partial charge in [-0.25, -0.2) is 4.90 Å². The third-order valence-corrected chi connectivity index (χ3v) is 3.75. The smallest absolute Gasteiger partial charge is 0.251 e. The molecular weight excluding hydrogens is 294 g/mol. The van der Waals surface area contributed by atoms with Gasteiger partial charge in [-0.3, -0.25) is 14.6 Å². The van der Waals surface area contributed by atoms with E-state index in [1.54, 1.807) is 43.8 Å². The van der Waals surface area contributed by atoms with E-state index in [0.29, 0.717) is 18.0 Å². The number of ether oxygens (including phenoxy) is 1. The fraction of sp³-hybridized carbons (Fsp3) is 0.235. The van der Waals surface area contributed by atoms with Crippen LogP contribution >= 0.6 is 0 Å². The molecule has 2 amide bonds. The van der Waals surface area contributed by atoms with E-state index >= 15 is 0 Å². The maximum atomic E-state index is 12.5. The van der Waals surface area contributed by atoms with E-state index < -0.39 is 6.04 Å². The van der Waals surface area contributed by atoms with Crippen LogP contribution in [0.2, 0.25) is 0 Å². The molecule has 0 radical (unpaired) electrons. The highest BCUT2D eigenvalue weighted by atomic mass is 16.5. The summed E-state index contributed by atoms with van der Waals surface area (Å²) in [4.78, 5) is 29.9. The van der Waals surface area contributed by atoms with Crippen molar-refractivity contribution in [1.82, 2.24) is 10.3 Å². The van der Waals surface area contributed by atoms with Gasteiger partial charge in [0.2, 0.25) is 5.91 Å². The van der Waals surface area contributed by atoms with Crippen molar-refractivity contribution in [2.24, 2.45) is 0 Å². The Bertz CT molecular complexity index is 701. The maximum Gasteiger partial charge on any atom is 0.251 e. The number of anilines is 1. The van der Waals surface area contributed by atoms with Crippen LogP contribution in [0.5, 0.6) is 5.75 Å². The van der Waals surface area contributed by atoms with Crippen molar-refractivity contribution >= 4 is 17.5 Å². The van der Waals surface area contributed by atoms with Gasteiger partial charge in [0.05, 0.1) is 25.3 Å². The number of benzene rings is 1. The summed E-state index contributed by atoms with van der Waals surface area (Å²) in [6.45, 7) is 0.494. The second-order valence-electron chi connectivity index (χ2n) is 5.26. The molecule has 0 aliphatic carbocycles. The van der Waals surface area contributed by atoms with Crippen molar-refractivity contribution in [3.8, 4) is 5.75 Å². The summed E-state index contributed by atoms with van der Waals surface area (Å²) in [5, 5.41) is 3.12. The fourth-order valence-corrected chi connectivity index (χ4v) is 2.54. The molecule has 23 heavy (non-hydrogen) atoms. The Labute approximate surface area is 134 Å². The largest absolute Gasteiger partial charge is 0.497 e. The number of pyridine rings is 1. The van der Waals surface area contributed by atoms with Crippen molar-refractivity contribution in [2.45, 2.75) is 19.0 Å². The zero-order valence-electron chi connectivity index (χ0n) is 12.7. The number of nitrogens with zero attached hydrogens (tertiary/aromatic N) is 2. The zero-order chi connectivity index (χ0) is 16.2. The van der Waals surface area contributed by atoms with Crippen molar-refractivity contribution in [1.29, 1.82) is 0 Å². The molecule has 1 aliphatic heterocycles. The second kappa shape index (κ2) is 6.58. The minimum atomic E-state index is -0.509. The molecule has 0 bridgehead atoms. The third kappa shape index (κ3) is 3.22. The monoisotopic (exact) mass is 311 g/mol. The van der Waals surface area contributed by atoms with E-state index in [1.807, 2.05) is 12.1 Å². The fourth-order valence-electron chi connectivity index (χ4n) is 2.54. The molecule has 1 atom stereocenters. The molecule has 3 rings (SSSR count). The number of hydrogen-bond acceptors (Lipinski definition) is 5. The number of methoxy groups -OCH3 is 1. The Morgan fingerprint density at radius 2 is 2.04 bits per heavy atom. The summed E-state index contributed by atoms with van der Waals surface area (Å²) in [5.74, 6) is 0.243. The SMILES string of the molecule is COc1ccc(N2C(=O)C[C@@H](NCc3cccnc3)C2=O)cc1. The van der Waals surface area contributed by atoms with Crippen LogP contribution in [0.15, 0.2) is 48.8 Å². The summed E-state index contributed by atoms with van der Waals surface area (Å²) >= 11 is 0. The Morgan fingerprint density at radius 1 is 1.26 bits per heavy atom. The van der Waals surface area contributed by atoms with Crippen molar-refractivity contribution in [3.05, 3.63) is 54.4 Å². The molecule has 1 aromatic carbocycles. The van der Waals surface area contributed by atoms with Gasteiger partial charge < -0.3 is 10.1 Å². The average Bonchev–Trinajstić information content (AvgIpc) is 2.88. The molecule has 1 saturated heterocycles. The Morgan fingerprint density at radius 3 is 2.70 bits per heavy atom. The van der Waals surface area contributed by atoms with Gasteiger partial charge >= 0.3 is 0 Å². The van der Waals surface area contributed by atoms with Gasteiger partial charge in [-0.2, -0.15) is 0 Å². The van der Waals surface area contributed by atoms with Gasteiger partial charge in [-0.15, -0.1) is 0 Å². The van der Waals surface area contributed by atoms with Gasteiger partial charge in [0.25, 0.3) is 5.91 Å². The highest BCUT2D eigenvalue weighted by molar-refractivity contribution is 6.22. The van der Waals surface area contributed by atoms with E-state index in [1.165, 1.54) is 4.90 Å². The maximum absolute atomic E-state index is 12.5. The molecule has 1 fully saturated rings. The number of carbonyl (C=O) groups is 2. The first-order valence-electron chi connectivity index (χ1n) is 7.32. The van der Waals surface area contributed by atoms with Gasteiger partial charge in [-0.1, -0.05) is 6.07 Å². The average molecular weight is 311 g/mol. The molecule has 6 nitrogen and oxygen atoms in total. The highest BCUT2D eigenvalue weighted by Gasteiger charge is 2.39. The number of rotatable bonds is 5. The number of carbonyl (C=O) groups excluding carboxylic acids is 2. The lowest BCUT2D eigenvalue weighted by Crippen LogP contribution is -2.38. The van der Waals surface area contributed by atoms with Crippen molar-refractivity contribution in [2.75, 3.05) is 12.0 Å². The predicted octanol–water partition coefficient (Wildman–Crippen LogP) is 1.51. The second-order valence-corrected chi connectivity index (χ2v) is 5.26. The number of aromatic nitrogens is 1. The topological polar surface area (TPSA) is 71.5 Å². The first kappa shape index (κ1) is 15.2. The molecule has 118 valence electrons. The Hall–Kier alpha value is -2.73. The standard InChI is InChI=1S/C17H17N3O3/c1-23-14-6-4-13(5-7-14)20-16(21)9-15(17(20)22)19-11-12-3-2-8-18-10-12/h2-8,10,15,19H,9,11H2,1H3/t15-/m1/s1. The van der Waals surface area contributed by atoms with Crippen LogP contribution in [0.4, 0.5) is 5.69 Å². The molecule has 0 saturated carbocycles. The van der Waals surface area contributed by atoms with Gasteiger partial charge in [-0.05, 0) is 35.9 Å². The van der Waals surface area contributed by atoms with E-state index in [4.69, 9.17) is 4.74 Å². The molecule has 1 aromatic heterocycles. The normalized spacial score (nSPS) is 17.6. The summed E-state index contributed by atoms with van der Waals surface area (Å²) in [6.07, 6.45) is 3.58. The predicted molar refractivity (Wildman–Crippen MR) is 85.0 cm³/mol. The molecule has 2 heterocycles. The van der Waals surface area contributed by atoms with Crippen LogP contribution in [-0.2, 0) is 16.1 Å². The minimum Gasteiger partial charge on any atom is -0.497 e. The third-order valence-electron chi connectivity index (χ3n) is 3.75. The molecular formula is C17H17N3O3. The van der Waals surface area contributed by atoms with Crippen LogP contribution < -0.4 is 15.0 Å². The summed E-state index contributed by atoms with van der Waals surface area (Å²) in [7, 11) is 1.57. The first-order valence-corrected chi connectivity index (χ1v) is 7.32. The number of amides is 2. The van der Waals surface area contributed by atoms with E-state index in [2.05, 4.69) is 10.3 Å². The van der Waals surface area contributed by atoms with E-state index in [0.717, 1.165) is 5.56 Å². The van der Waals surface area contributed by atoms with Crippen LogP contribution in [0.3, 0.4) is 0 Å². The number of imide groups is 1. The minimum absolute atomic E-state index is 0.158. The Balaban J connectivity index is 1.69. The lowest BCUT2D eigenvalue weighted by atomic mass is 10.2. The molecule has 0 unspecified atom stereocenters. The van der Waals surface area contributed by atoms with Crippen molar-refractivity contribution in [3.63, 3.8) is 0 Å². The molecule has 1 N–H and O–H groups in total. The van der Waals surface area contributed by atoms with Crippen LogP contribution in [0, 0.1) is 0 Å². The van der Waals surface area contributed by atoms with Crippen LogP contribution in [-0.4, -0.2) is 29.9 Å². The molecule has 1 aliphatic rings. The van der Waals surface area contributed by atoms with E-state index in [-0.39, 0.29) is 18.2 Å². The zero-order valence-corrected chi connectivity index (χ0v) is 12.7. The van der Waals surface area contributed by atoms with Crippen LogP contribution in [0.25, 0.3) is 0 Å². The summed E-state index contributed by atoms with van der Waals surface area (Å²) < 4.78 is 5.09. The van der Waals surface area contributed by atoms with Crippen molar-refractivity contribution < 1.29 is 14.3 Å². The quantitative estimate of drug-likeness (QED) is 0.848. The molecule has 6 heteroatoms. The lowest BCUT2D eigenvalue weighted by Gasteiger charge is -2.16. The van der Waals surface area contributed by atoms with Gasteiger partial charge in [0.1, 0.15) is 5.75 Å². The lowest BCUT2D eigenvalue weighted by molar-refractivity contribution is -0.121. The Kier molecular flexibility index (Phi) is 4.34. The highest BCUT2D eigenvalue weighted by Crippen LogP contribution is 2.25. The van der Waals surface area contributed by atoms with Crippen LogP contribution in [0.1, 0.15) is 12.0 Å². The first-order chi connectivity index (χ1) is 11.2. The summed E-state index contributed by atoms with van der Waals surface area (Å²) in [6, 6.07) is 10.1.